The highest BCUT2D eigenvalue weighted by Crippen LogP contribution is 2.18. The van der Waals surface area contributed by atoms with Crippen molar-refractivity contribution in [3.63, 3.8) is 0 Å². The van der Waals surface area contributed by atoms with Crippen LogP contribution >= 0.6 is 0 Å². The van der Waals surface area contributed by atoms with E-state index in [2.05, 4.69) is 30.8 Å². The van der Waals surface area contributed by atoms with Gasteiger partial charge < -0.3 is 4.74 Å². The number of carbonyl (C=O) groups is 2. The van der Waals surface area contributed by atoms with Crippen molar-refractivity contribution >= 4 is 34.0 Å². The lowest BCUT2D eigenvalue weighted by atomic mass is 10.1. The molecule has 112 valence electrons. The van der Waals surface area contributed by atoms with Crippen molar-refractivity contribution in [1.82, 2.24) is 30.8 Å². The van der Waals surface area contributed by atoms with Gasteiger partial charge in [0.05, 0.1) is 11.1 Å². The van der Waals surface area contributed by atoms with Gasteiger partial charge in [-0.25, -0.2) is 9.59 Å². The van der Waals surface area contributed by atoms with Crippen LogP contribution in [0.5, 0.6) is 0 Å². The largest absolute Gasteiger partial charge is 0.386 e. The quantitative estimate of drug-likeness (QED) is 0.421. The van der Waals surface area contributed by atoms with Gasteiger partial charge in [-0.05, 0) is 24.3 Å². The number of carbonyl (C=O) groups excluding carboxylic acids is 2. The zero-order valence-electron chi connectivity index (χ0n) is 11.5. The average molecular weight is 308 g/mol. The number of aromatic amines is 2. The first kappa shape index (κ1) is 13.1. The number of hydrogen-bond donors (Lipinski definition) is 2. The van der Waals surface area contributed by atoms with Gasteiger partial charge in [0, 0.05) is 0 Å². The molecule has 0 radical (unpaired) electrons. The van der Waals surface area contributed by atoms with Crippen LogP contribution in [0.2, 0.25) is 0 Å². The summed E-state index contributed by atoms with van der Waals surface area (Å²) in [6.07, 6.45) is 0. The fourth-order valence-corrected chi connectivity index (χ4v) is 2.26. The van der Waals surface area contributed by atoms with Crippen molar-refractivity contribution in [1.29, 1.82) is 0 Å². The van der Waals surface area contributed by atoms with Gasteiger partial charge >= 0.3 is 11.9 Å². The Morgan fingerprint density at radius 1 is 0.739 bits per heavy atom. The Bertz CT molecular complexity index is 967. The molecular formula is C14H8N6O3. The van der Waals surface area contributed by atoms with Crippen LogP contribution < -0.4 is 0 Å². The number of fused-ring (bicyclic) bond motifs is 2. The Kier molecular flexibility index (Phi) is 2.83. The second-order valence-electron chi connectivity index (χ2n) is 4.67. The van der Waals surface area contributed by atoms with Crippen LogP contribution in [0.4, 0.5) is 0 Å². The molecule has 0 unspecified atom stereocenters. The Hall–Kier alpha value is -3.62. The smallest absolute Gasteiger partial charge is 0.348 e. The molecule has 4 aromatic rings. The molecule has 0 atom stereocenters. The molecule has 9 heteroatoms. The van der Waals surface area contributed by atoms with Crippen LogP contribution in [0, 0.1) is 0 Å². The number of aromatic nitrogens is 6. The fraction of sp³-hybridized carbons (Fsp3) is 0. The maximum Gasteiger partial charge on any atom is 0.348 e. The van der Waals surface area contributed by atoms with E-state index in [1.54, 1.807) is 24.3 Å². The zero-order valence-corrected chi connectivity index (χ0v) is 11.5. The maximum atomic E-state index is 12.2. The van der Waals surface area contributed by atoms with Gasteiger partial charge in [0.25, 0.3) is 0 Å². The van der Waals surface area contributed by atoms with Gasteiger partial charge in [0.1, 0.15) is 22.1 Å². The van der Waals surface area contributed by atoms with Crippen molar-refractivity contribution < 1.29 is 14.3 Å². The lowest BCUT2D eigenvalue weighted by Crippen LogP contribution is -2.13. The summed E-state index contributed by atoms with van der Waals surface area (Å²) in [5, 5.41) is 20.4. The number of ether oxygens (including phenoxy) is 1. The summed E-state index contributed by atoms with van der Waals surface area (Å²) in [6, 6.07) is 9.66. The molecule has 0 amide bonds. The van der Waals surface area contributed by atoms with E-state index in [4.69, 9.17) is 4.74 Å². The molecule has 4 rings (SSSR count). The zero-order chi connectivity index (χ0) is 15.8. The Morgan fingerprint density at radius 3 is 1.70 bits per heavy atom. The minimum atomic E-state index is -0.810. The van der Waals surface area contributed by atoms with Gasteiger partial charge in [-0.15, -0.1) is 0 Å². The van der Waals surface area contributed by atoms with Crippen LogP contribution in [-0.4, -0.2) is 42.8 Å². The third-order valence-electron chi connectivity index (χ3n) is 3.32. The van der Waals surface area contributed by atoms with Crippen molar-refractivity contribution in [2.75, 3.05) is 0 Å². The third kappa shape index (κ3) is 2.11. The molecule has 0 aliphatic carbocycles. The number of hydrogen-bond acceptors (Lipinski definition) is 7. The highest BCUT2D eigenvalue weighted by atomic mass is 16.6. The summed E-state index contributed by atoms with van der Waals surface area (Å²) in [6.45, 7) is 0. The number of nitrogens with zero attached hydrogens (tertiary/aromatic N) is 4. The molecule has 2 N–H and O–H groups in total. The van der Waals surface area contributed by atoms with Crippen molar-refractivity contribution in [3.8, 4) is 0 Å². The van der Waals surface area contributed by atoms with Gasteiger partial charge in [-0.3, -0.25) is 0 Å². The molecule has 0 aliphatic heterocycles. The number of para-hydroxylation sites is 2. The summed E-state index contributed by atoms with van der Waals surface area (Å²) >= 11 is 0. The first-order valence-electron chi connectivity index (χ1n) is 6.59. The van der Waals surface area contributed by atoms with E-state index in [0.29, 0.717) is 22.1 Å². The van der Waals surface area contributed by atoms with E-state index in [1.165, 1.54) is 12.1 Å². The number of benzene rings is 2. The molecule has 0 spiro atoms. The van der Waals surface area contributed by atoms with Gasteiger partial charge in [-0.2, -0.15) is 30.8 Å². The number of rotatable bonds is 2. The predicted octanol–water partition coefficient (Wildman–Crippen LogP) is 1.23. The molecule has 0 saturated carbocycles. The molecule has 23 heavy (non-hydrogen) atoms. The van der Waals surface area contributed by atoms with Gasteiger partial charge in [0.15, 0.2) is 0 Å². The normalized spacial score (nSPS) is 11.0. The van der Waals surface area contributed by atoms with Crippen LogP contribution in [0.15, 0.2) is 36.4 Å². The fourth-order valence-electron chi connectivity index (χ4n) is 2.26. The second kappa shape index (κ2) is 4.98. The topological polar surface area (TPSA) is 127 Å². The minimum Gasteiger partial charge on any atom is -0.386 e. The maximum absolute atomic E-state index is 12.2. The Labute approximate surface area is 127 Å². The summed E-state index contributed by atoms with van der Waals surface area (Å²) < 4.78 is 4.94. The van der Waals surface area contributed by atoms with E-state index in [0.717, 1.165) is 0 Å². The molecule has 2 aromatic carbocycles. The predicted molar refractivity (Wildman–Crippen MR) is 77.5 cm³/mol. The number of nitrogens with one attached hydrogen (secondary N) is 2. The van der Waals surface area contributed by atoms with Crippen LogP contribution in [-0.2, 0) is 4.74 Å². The lowest BCUT2D eigenvalue weighted by molar-refractivity contribution is 0.0400. The summed E-state index contributed by atoms with van der Waals surface area (Å²) in [5.41, 5.74) is 1.99. The van der Waals surface area contributed by atoms with Gasteiger partial charge in [0.2, 0.25) is 0 Å². The molecule has 0 bridgehead atoms. The highest BCUT2D eigenvalue weighted by molar-refractivity contribution is 6.10. The van der Waals surface area contributed by atoms with E-state index < -0.39 is 11.9 Å². The molecule has 9 nitrogen and oxygen atoms in total. The van der Waals surface area contributed by atoms with Crippen molar-refractivity contribution in [2.45, 2.75) is 0 Å². The first-order chi connectivity index (χ1) is 11.2. The van der Waals surface area contributed by atoms with Gasteiger partial charge in [-0.1, -0.05) is 12.1 Å². The average Bonchev–Trinajstić information content (AvgIpc) is 3.22. The first-order valence-corrected chi connectivity index (χ1v) is 6.59. The highest BCUT2D eigenvalue weighted by Gasteiger charge is 2.21. The molecular weight excluding hydrogens is 300 g/mol. The van der Waals surface area contributed by atoms with Crippen molar-refractivity contribution in [3.05, 3.63) is 47.5 Å². The van der Waals surface area contributed by atoms with E-state index in [1.807, 2.05) is 0 Å². The molecule has 0 saturated heterocycles. The number of H-pyrrole nitrogens is 2. The molecule has 2 heterocycles. The van der Waals surface area contributed by atoms with Crippen molar-refractivity contribution in [2.24, 2.45) is 0 Å². The summed E-state index contributed by atoms with van der Waals surface area (Å²) in [5.74, 6) is -1.62. The van der Waals surface area contributed by atoms with E-state index >= 15 is 0 Å². The Balaban J connectivity index is 1.67. The lowest BCUT2D eigenvalue weighted by Gasteiger charge is -2.03. The second-order valence-corrected chi connectivity index (χ2v) is 4.67. The summed E-state index contributed by atoms with van der Waals surface area (Å²) in [7, 11) is 0. The molecule has 2 aromatic heterocycles. The standard InChI is InChI=1S/C14H8N6O3/c21-13(7-3-1-5-9-11(7)17-19-15-9)23-14(22)8-4-2-6-10-12(8)18-20-16-10/h1-6H,(H,15,17,19)(H,16,18,20). The third-order valence-corrected chi connectivity index (χ3v) is 3.32. The van der Waals surface area contributed by atoms with E-state index in [9.17, 15) is 9.59 Å². The van der Waals surface area contributed by atoms with Crippen LogP contribution in [0.25, 0.3) is 22.1 Å². The SMILES string of the molecule is O=C(OC(=O)c1cccc2n[nH]nc12)c1cccc2n[nH]nc12. The molecule has 0 aliphatic rings. The monoisotopic (exact) mass is 308 g/mol. The van der Waals surface area contributed by atoms with Crippen LogP contribution in [0.1, 0.15) is 20.7 Å². The van der Waals surface area contributed by atoms with E-state index in [-0.39, 0.29) is 11.1 Å². The van der Waals surface area contributed by atoms with Crippen LogP contribution in [0.3, 0.4) is 0 Å². The molecule has 0 fully saturated rings. The minimum absolute atomic E-state index is 0.150. The Morgan fingerprint density at radius 2 is 1.22 bits per heavy atom. The number of esters is 2. The summed E-state index contributed by atoms with van der Waals surface area (Å²) in [4.78, 5) is 24.5.